The number of para-hydroxylation sites is 1. The molecule has 6 aromatic rings. The average Bonchev–Trinajstić information content (AvgIpc) is 3.60. The van der Waals surface area contributed by atoms with Gasteiger partial charge in [0, 0.05) is 43.0 Å². The number of phenolic OH excluding ortho intramolecular Hbond substituents is 1. The van der Waals surface area contributed by atoms with Crippen LogP contribution in [0.3, 0.4) is 0 Å². The van der Waals surface area contributed by atoms with Gasteiger partial charge in [-0.05, 0) is 90.9 Å². The van der Waals surface area contributed by atoms with Gasteiger partial charge in [0.05, 0.1) is 10.4 Å². The Balaban J connectivity index is 0.816. The fourth-order valence-electron chi connectivity index (χ4n) is 6.80. The van der Waals surface area contributed by atoms with E-state index in [-0.39, 0.29) is 22.6 Å². The van der Waals surface area contributed by atoms with Crippen LogP contribution in [0.5, 0.6) is 5.75 Å². The molecule has 2 heterocycles. The first kappa shape index (κ1) is 36.6. The summed E-state index contributed by atoms with van der Waals surface area (Å²) in [5, 5.41) is 19.4. The number of likely N-dealkylation sites (tertiary alicyclic amines) is 1. The zero-order valence-corrected chi connectivity index (χ0v) is 30.7. The second kappa shape index (κ2) is 17.4. The molecule has 5 aromatic carbocycles. The fourth-order valence-corrected chi connectivity index (χ4v) is 7.69. The summed E-state index contributed by atoms with van der Waals surface area (Å²) in [6.45, 7) is 3.89. The Morgan fingerprint density at radius 2 is 1.61 bits per heavy atom. The van der Waals surface area contributed by atoms with Gasteiger partial charge in [0.15, 0.2) is 0 Å². The first-order chi connectivity index (χ1) is 26.4. The molecule has 11 heteroatoms. The zero-order chi connectivity index (χ0) is 37.3. The van der Waals surface area contributed by atoms with Gasteiger partial charge in [-0.3, -0.25) is 14.9 Å². The molecule has 1 aromatic heterocycles. The van der Waals surface area contributed by atoms with Crippen molar-refractivity contribution in [3.63, 3.8) is 0 Å². The lowest BCUT2D eigenvalue weighted by Gasteiger charge is -2.31. The van der Waals surface area contributed by atoms with Crippen LogP contribution < -0.4 is 20.8 Å². The highest BCUT2D eigenvalue weighted by Crippen LogP contribution is 2.29. The SMILES string of the molecule is O=C(Nc1ccccc1-c1ccccc1)OC1CCN(CCc2ccc(NC(=O)c3cccc(CNCCc4ccc(O)c5[nH]c(=O)sc45)c3)cc2)CC1. The van der Waals surface area contributed by atoms with Gasteiger partial charge in [-0.2, -0.15) is 0 Å². The predicted molar refractivity (Wildman–Crippen MR) is 216 cm³/mol. The maximum Gasteiger partial charge on any atom is 0.411 e. The summed E-state index contributed by atoms with van der Waals surface area (Å²) in [7, 11) is 0. The second-order valence-electron chi connectivity index (χ2n) is 13.5. The number of H-pyrrole nitrogens is 1. The topological polar surface area (TPSA) is 136 Å². The lowest BCUT2D eigenvalue weighted by molar-refractivity contribution is 0.0593. The second-order valence-corrected chi connectivity index (χ2v) is 14.5. The van der Waals surface area contributed by atoms with E-state index in [2.05, 4.69) is 38.0 Å². The molecule has 1 aliphatic heterocycles. The molecule has 0 unspecified atom stereocenters. The van der Waals surface area contributed by atoms with Gasteiger partial charge >= 0.3 is 11.0 Å². The first-order valence-corrected chi connectivity index (χ1v) is 19.1. The Bertz CT molecular complexity index is 2260. The van der Waals surface area contributed by atoms with Crippen molar-refractivity contribution in [2.75, 3.05) is 36.8 Å². The number of fused-ring (bicyclic) bond motifs is 1. The summed E-state index contributed by atoms with van der Waals surface area (Å²) in [5.41, 5.74) is 7.70. The van der Waals surface area contributed by atoms with E-state index < -0.39 is 6.09 Å². The number of anilines is 2. The largest absolute Gasteiger partial charge is 0.506 e. The van der Waals surface area contributed by atoms with Gasteiger partial charge in [0.2, 0.25) is 0 Å². The number of rotatable bonds is 13. The van der Waals surface area contributed by atoms with E-state index in [9.17, 15) is 19.5 Å². The summed E-state index contributed by atoms with van der Waals surface area (Å²) in [6.07, 6.45) is 2.62. The smallest absolute Gasteiger partial charge is 0.411 e. The highest BCUT2D eigenvalue weighted by atomic mass is 32.1. The molecule has 0 radical (unpaired) electrons. The molecule has 54 heavy (non-hydrogen) atoms. The van der Waals surface area contributed by atoms with Gasteiger partial charge in [-0.25, -0.2) is 4.79 Å². The van der Waals surface area contributed by atoms with Gasteiger partial charge in [-0.1, -0.05) is 90.2 Å². The molecule has 1 aliphatic rings. The minimum absolute atomic E-state index is 0.0763. The van der Waals surface area contributed by atoms with E-state index in [1.165, 1.54) is 5.56 Å². The summed E-state index contributed by atoms with van der Waals surface area (Å²) in [4.78, 5) is 42.6. The van der Waals surface area contributed by atoms with Crippen molar-refractivity contribution in [1.29, 1.82) is 0 Å². The molecule has 5 N–H and O–H groups in total. The molecule has 0 bridgehead atoms. The van der Waals surface area contributed by atoms with Crippen molar-refractivity contribution in [3.8, 4) is 16.9 Å². The summed E-state index contributed by atoms with van der Waals surface area (Å²) in [6, 6.07) is 36.7. The highest BCUT2D eigenvalue weighted by Gasteiger charge is 2.23. The normalized spacial score (nSPS) is 13.5. The number of aromatic amines is 1. The standard InChI is InChI=1S/C43H43N5O5S/c49-38-18-15-32(40-39(38)47-43(52)54-40)19-23-44-28-30-7-6-10-33(27-30)41(50)45-34-16-13-29(14-17-34)20-24-48-25-21-35(22-26-48)53-42(51)46-37-12-5-4-11-36(37)31-8-2-1-3-9-31/h1-18,27,35,44,49H,19-26,28H2,(H,45,50)(H,46,51)(H,47,52). The Labute approximate surface area is 317 Å². The molecular weight excluding hydrogens is 699 g/mol. The Kier molecular flexibility index (Phi) is 11.8. The minimum atomic E-state index is -0.423. The molecule has 2 amide bonds. The van der Waals surface area contributed by atoms with Crippen molar-refractivity contribution in [1.82, 2.24) is 15.2 Å². The van der Waals surface area contributed by atoms with Crippen molar-refractivity contribution in [2.45, 2.75) is 38.3 Å². The average molecular weight is 742 g/mol. The van der Waals surface area contributed by atoms with Crippen molar-refractivity contribution < 1.29 is 19.4 Å². The zero-order valence-electron chi connectivity index (χ0n) is 29.8. The Hall–Kier alpha value is -5.75. The molecule has 0 atom stereocenters. The summed E-state index contributed by atoms with van der Waals surface area (Å²) in [5.74, 6) is -0.0926. The molecule has 0 saturated carbocycles. The maximum absolute atomic E-state index is 13.1. The van der Waals surface area contributed by atoms with Crippen LogP contribution in [-0.2, 0) is 24.1 Å². The third-order valence-electron chi connectivity index (χ3n) is 9.71. The molecule has 10 nitrogen and oxygen atoms in total. The fraction of sp³-hybridized carbons (Fsp3) is 0.233. The number of benzene rings is 5. The van der Waals surface area contributed by atoms with E-state index >= 15 is 0 Å². The van der Waals surface area contributed by atoms with Gasteiger partial charge in [-0.15, -0.1) is 0 Å². The molecule has 0 spiro atoms. The lowest BCUT2D eigenvalue weighted by atomic mass is 10.0. The number of ether oxygens (including phenoxy) is 1. The van der Waals surface area contributed by atoms with Crippen molar-refractivity contribution >= 4 is 44.9 Å². The lowest BCUT2D eigenvalue weighted by Crippen LogP contribution is -2.39. The van der Waals surface area contributed by atoms with Gasteiger partial charge < -0.3 is 30.4 Å². The van der Waals surface area contributed by atoms with Crippen LogP contribution in [0, 0.1) is 0 Å². The highest BCUT2D eigenvalue weighted by molar-refractivity contribution is 7.16. The van der Waals surface area contributed by atoms with Crippen LogP contribution in [0.15, 0.2) is 120 Å². The number of hydrogen-bond donors (Lipinski definition) is 5. The van der Waals surface area contributed by atoms with Crippen LogP contribution in [0.2, 0.25) is 0 Å². The van der Waals surface area contributed by atoms with Gasteiger partial charge in [0.1, 0.15) is 17.4 Å². The molecule has 0 aliphatic carbocycles. The number of hydrogen-bond acceptors (Lipinski definition) is 8. The molecule has 276 valence electrons. The number of aromatic hydroxyl groups is 1. The monoisotopic (exact) mass is 741 g/mol. The quantitative estimate of drug-likeness (QED) is 0.0763. The maximum atomic E-state index is 13.1. The number of carbonyl (C=O) groups excluding carboxylic acids is 2. The molecular formula is C43H43N5O5S. The van der Waals surface area contributed by atoms with E-state index in [0.29, 0.717) is 30.6 Å². The number of nitrogens with one attached hydrogen (secondary N) is 4. The predicted octanol–water partition coefficient (Wildman–Crippen LogP) is 7.80. The van der Waals surface area contributed by atoms with Crippen molar-refractivity contribution in [3.05, 3.63) is 147 Å². The van der Waals surface area contributed by atoms with Crippen LogP contribution in [-0.4, -0.2) is 59.3 Å². The summed E-state index contributed by atoms with van der Waals surface area (Å²) >= 11 is 1.10. The number of aromatic nitrogens is 1. The Morgan fingerprint density at radius 1 is 0.833 bits per heavy atom. The first-order valence-electron chi connectivity index (χ1n) is 18.3. The molecule has 1 fully saturated rings. The van der Waals surface area contributed by atoms with E-state index in [0.717, 1.165) is 88.6 Å². The van der Waals surface area contributed by atoms with Gasteiger partial charge in [0.25, 0.3) is 5.91 Å². The number of amides is 2. The Morgan fingerprint density at radius 3 is 2.43 bits per heavy atom. The number of piperidine rings is 1. The number of thiazole rings is 1. The van der Waals surface area contributed by atoms with E-state index in [1.54, 1.807) is 12.1 Å². The van der Waals surface area contributed by atoms with Crippen molar-refractivity contribution in [2.24, 2.45) is 0 Å². The van der Waals surface area contributed by atoms with E-state index in [4.69, 9.17) is 4.74 Å². The van der Waals surface area contributed by atoms with Crippen LogP contribution in [0.4, 0.5) is 16.2 Å². The van der Waals surface area contributed by atoms with Crippen LogP contribution >= 0.6 is 11.3 Å². The number of nitrogens with zero attached hydrogens (tertiary/aromatic N) is 1. The summed E-state index contributed by atoms with van der Waals surface area (Å²) < 4.78 is 6.58. The van der Waals surface area contributed by atoms with E-state index in [1.807, 2.05) is 91.0 Å². The van der Waals surface area contributed by atoms with Crippen LogP contribution in [0.1, 0.15) is 39.9 Å². The molecule has 7 rings (SSSR count). The third kappa shape index (κ3) is 9.42. The molecule has 1 saturated heterocycles. The number of phenols is 1. The van der Waals surface area contributed by atoms with Crippen LogP contribution in [0.25, 0.3) is 21.3 Å². The number of carbonyl (C=O) groups is 2. The minimum Gasteiger partial charge on any atom is -0.506 e. The third-order valence-corrected chi connectivity index (χ3v) is 10.7.